The summed E-state index contributed by atoms with van der Waals surface area (Å²) in [5.74, 6) is -1.09. The van der Waals surface area contributed by atoms with Crippen molar-refractivity contribution in [2.45, 2.75) is 32.8 Å². The number of carbonyl (C=O) groups is 2. The zero-order chi connectivity index (χ0) is 19.1. The van der Waals surface area contributed by atoms with Gasteiger partial charge in [0.2, 0.25) is 5.91 Å². The Morgan fingerprint density at radius 2 is 1.73 bits per heavy atom. The first kappa shape index (κ1) is 19.7. The van der Waals surface area contributed by atoms with Crippen LogP contribution in [0, 0.1) is 6.92 Å². The van der Waals surface area contributed by atoms with E-state index in [0.717, 1.165) is 11.1 Å². The molecule has 1 amide bonds. The van der Waals surface area contributed by atoms with Crippen LogP contribution in [-0.4, -0.2) is 40.1 Å². The Morgan fingerprint density at radius 3 is 2.35 bits per heavy atom. The van der Waals surface area contributed by atoms with E-state index < -0.39 is 12.1 Å². The van der Waals surface area contributed by atoms with Gasteiger partial charge < -0.3 is 15.1 Å². The molecule has 2 rings (SSSR count). The molecule has 2 N–H and O–H groups in total. The molecule has 0 aliphatic carbocycles. The Balaban J connectivity index is 1.98. The molecule has 0 aliphatic rings. The Hall–Kier alpha value is -2.66. The minimum absolute atomic E-state index is 0.0983. The highest BCUT2D eigenvalue weighted by atomic mass is 16.4. The van der Waals surface area contributed by atoms with Crippen LogP contribution in [0.2, 0.25) is 0 Å². The van der Waals surface area contributed by atoms with Gasteiger partial charge >= 0.3 is 5.97 Å². The standard InChI is InChI=1S/C21H25NO4/c1-3-22(14-19(23)17-10-8-15(2)9-11-17)20(24)13-12-16-6-4-5-7-18(16)21(25)26/h4-11,19,23H,3,12-14H2,1-2H3,(H,25,26). The van der Waals surface area contributed by atoms with Crippen molar-refractivity contribution in [2.24, 2.45) is 0 Å². The van der Waals surface area contributed by atoms with Gasteiger partial charge in [0.15, 0.2) is 0 Å². The quantitative estimate of drug-likeness (QED) is 0.762. The smallest absolute Gasteiger partial charge is 0.335 e. The number of amides is 1. The molecule has 5 nitrogen and oxygen atoms in total. The summed E-state index contributed by atoms with van der Waals surface area (Å²) in [5, 5.41) is 19.6. The monoisotopic (exact) mass is 355 g/mol. The summed E-state index contributed by atoms with van der Waals surface area (Å²) < 4.78 is 0. The summed E-state index contributed by atoms with van der Waals surface area (Å²) in [6.45, 7) is 4.55. The number of carbonyl (C=O) groups excluding carboxylic acids is 1. The molecule has 0 radical (unpaired) electrons. The number of aryl methyl sites for hydroxylation is 2. The van der Waals surface area contributed by atoms with Gasteiger partial charge in [0, 0.05) is 13.0 Å². The number of hydrogen-bond donors (Lipinski definition) is 2. The van der Waals surface area contributed by atoms with Gasteiger partial charge in [0.05, 0.1) is 18.2 Å². The first-order valence-electron chi connectivity index (χ1n) is 8.76. The Kier molecular flexibility index (Phi) is 6.92. The van der Waals surface area contributed by atoms with E-state index in [1.807, 2.05) is 38.1 Å². The predicted molar refractivity (Wildman–Crippen MR) is 100 cm³/mol. The molecule has 2 aromatic carbocycles. The second kappa shape index (κ2) is 9.15. The van der Waals surface area contributed by atoms with Gasteiger partial charge in [-0.3, -0.25) is 4.79 Å². The number of rotatable bonds is 8. The van der Waals surface area contributed by atoms with E-state index in [4.69, 9.17) is 0 Å². The van der Waals surface area contributed by atoms with Crippen molar-refractivity contribution in [1.82, 2.24) is 4.90 Å². The highest BCUT2D eigenvalue weighted by Crippen LogP contribution is 2.17. The summed E-state index contributed by atoms with van der Waals surface area (Å²) in [6, 6.07) is 14.3. The van der Waals surface area contributed by atoms with Crippen LogP contribution in [0.25, 0.3) is 0 Å². The molecule has 1 unspecified atom stereocenters. The van der Waals surface area contributed by atoms with Crippen molar-refractivity contribution >= 4 is 11.9 Å². The summed E-state index contributed by atoms with van der Waals surface area (Å²) in [6.07, 6.45) is -0.178. The van der Waals surface area contributed by atoms with E-state index in [1.54, 1.807) is 29.2 Å². The minimum atomic E-state index is -0.991. The minimum Gasteiger partial charge on any atom is -0.478 e. The van der Waals surface area contributed by atoms with E-state index in [1.165, 1.54) is 0 Å². The lowest BCUT2D eigenvalue weighted by molar-refractivity contribution is -0.132. The maximum absolute atomic E-state index is 12.5. The first-order chi connectivity index (χ1) is 12.4. The summed E-state index contributed by atoms with van der Waals surface area (Å²) in [5.41, 5.74) is 2.76. The second-order valence-corrected chi connectivity index (χ2v) is 6.32. The molecule has 0 aromatic heterocycles. The SMILES string of the molecule is CCN(CC(O)c1ccc(C)cc1)C(=O)CCc1ccccc1C(=O)O. The summed E-state index contributed by atoms with van der Waals surface area (Å²) in [7, 11) is 0. The van der Waals surface area contributed by atoms with Crippen molar-refractivity contribution in [2.75, 3.05) is 13.1 Å². The number of benzene rings is 2. The second-order valence-electron chi connectivity index (χ2n) is 6.32. The van der Waals surface area contributed by atoms with Crippen molar-refractivity contribution in [3.05, 3.63) is 70.8 Å². The molecule has 0 bridgehead atoms. The van der Waals surface area contributed by atoms with Gasteiger partial charge in [-0.2, -0.15) is 0 Å². The third kappa shape index (κ3) is 5.17. The molecular formula is C21H25NO4. The molecule has 138 valence electrons. The number of likely N-dealkylation sites (N-methyl/N-ethyl adjacent to an activating group) is 1. The first-order valence-corrected chi connectivity index (χ1v) is 8.76. The zero-order valence-corrected chi connectivity index (χ0v) is 15.2. The summed E-state index contributed by atoms with van der Waals surface area (Å²) >= 11 is 0. The van der Waals surface area contributed by atoms with Gasteiger partial charge in [-0.05, 0) is 37.5 Å². The molecule has 1 atom stereocenters. The topological polar surface area (TPSA) is 77.8 Å². The molecule has 0 heterocycles. The van der Waals surface area contributed by atoms with Crippen molar-refractivity contribution < 1.29 is 19.8 Å². The van der Waals surface area contributed by atoms with E-state index in [0.29, 0.717) is 18.5 Å². The number of aliphatic hydroxyl groups is 1. The van der Waals surface area contributed by atoms with E-state index in [-0.39, 0.29) is 24.4 Å². The van der Waals surface area contributed by atoms with Crippen LogP contribution >= 0.6 is 0 Å². The molecule has 5 heteroatoms. The fraction of sp³-hybridized carbons (Fsp3) is 0.333. The van der Waals surface area contributed by atoms with Crippen molar-refractivity contribution in [1.29, 1.82) is 0 Å². The largest absolute Gasteiger partial charge is 0.478 e. The van der Waals surface area contributed by atoms with Crippen LogP contribution in [0.4, 0.5) is 0 Å². The molecule has 0 saturated heterocycles. The van der Waals surface area contributed by atoms with Crippen molar-refractivity contribution in [3.63, 3.8) is 0 Å². The molecule has 0 aliphatic heterocycles. The van der Waals surface area contributed by atoms with Crippen LogP contribution in [0.5, 0.6) is 0 Å². The molecular weight excluding hydrogens is 330 g/mol. The Bertz CT molecular complexity index is 755. The lowest BCUT2D eigenvalue weighted by Gasteiger charge is -2.24. The van der Waals surface area contributed by atoms with E-state index in [2.05, 4.69) is 0 Å². The fourth-order valence-electron chi connectivity index (χ4n) is 2.86. The normalized spacial score (nSPS) is 11.8. The zero-order valence-electron chi connectivity index (χ0n) is 15.2. The van der Waals surface area contributed by atoms with Crippen molar-refractivity contribution in [3.8, 4) is 0 Å². The van der Waals surface area contributed by atoms with Gasteiger partial charge in [0.25, 0.3) is 0 Å². The maximum atomic E-state index is 12.5. The van der Waals surface area contributed by atoms with E-state index >= 15 is 0 Å². The van der Waals surface area contributed by atoms with Crippen LogP contribution < -0.4 is 0 Å². The number of aliphatic hydroxyl groups excluding tert-OH is 1. The third-order valence-corrected chi connectivity index (χ3v) is 4.45. The van der Waals surface area contributed by atoms with Gasteiger partial charge in [-0.1, -0.05) is 48.0 Å². The fourth-order valence-corrected chi connectivity index (χ4v) is 2.86. The predicted octanol–water partition coefficient (Wildman–Crippen LogP) is 3.21. The summed E-state index contributed by atoms with van der Waals surface area (Å²) in [4.78, 5) is 25.4. The number of nitrogens with zero attached hydrogens (tertiary/aromatic N) is 1. The average Bonchev–Trinajstić information content (AvgIpc) is 2.64. The Morgan fingerprint density at radius 1 is 1.08 bits per heavy atom. The maximum Gasteiger partial charge on any atom is 0.335 e. The van der Waals surface area contributed by atoms with Gasteiger partial charge in [0.1, 0.15) is 0 Å². The highest BCUT2D eigenvalue weighted by Gasteiger charge is 2.18. The molecule has 26 heavy (non-hydrogen) atoms. The van der Waals surface area contributed by atoms with Gasteiger partial charge in [-0.25, -0.2) is 4.79 Å². The average molecular weight is 355 g/mol. The third-order valence-electron chi connectivity index (χ3n) is 4.45. The molecule has 0 fully saturated rings. The molecule has 0 spiro atoms. The molecule has 2 aromatic rings. The number of carboxylic acid groups (broad SMARTS) is 1. The lowest BCUT2D eigenvalue weighted by Crippen LogP contribution is -2.34. The number of hydrogen-bond acceptors (Lipinski definition) is 3. The Labute approximate surface area is 153 Å². The van der Waals surface area contributed by atoms with E-state index in [9.17, 15) is 19.8 Å². The van der Waals surface area contributed by atoms with Crippen LogP contribution in [0.1, 0.15) is 46.5 Å². The lowest BCUT2D eigenvalue weighted by atomic mass is 10.0. The molecule has 0 saturated carbocycles. The van der Waals surface area contributed by atoms with Crippen LogP contribution in [-0.2, 0) is 11.2 Å². The number of aromatic carboxylic acids is 1. The van der Waals surface area contributed by atoms with Crippen LogP contribution in [0.3, 0.4) is 0 Å². The van der Waals surface area contributed by atoms with Gasteiger partial charge in [-0.15, -0.1) is 0 Å². The number of carboxylic acids is 1. The van der Waals surface area contributed by atoms with Crippen LogP contribution in [0.15, 0.2) is 48.5 Å². The highest BCUT2D eigenvalue weighted by molar-refractivity contribution is 5.89.